The summed E-state index contributed by atoms with van der Waals surface area (Å²) in [7, 11) is 1.77. The van der Waals surface area contributed by atoms with Crippen LogP contribution in [0, 0.1) is 0 Å². The van der Waals surface area contributed by atoms with Gasteiger partial charge >= 0.3 is 0 Å². The standard InChI is InChI=1S/C11H14N2O2/c1-12-10-8-4-2-3-5-9(8)13(6-7-14)11(10)15/h2-5,10,12,14H,6-7H2,1H3. The first-order valence-electron chi connectivity index (χ1n) is 4.98. The minimum Gasteiger partial charge on any atom is -0.395 e. The highest BCUT2D eigenvalue weighted by molar-refractivity contribution is 6.04. The third-order valence-electron chi connectivity index (χ3n) is 2.66. The van der Waals surface area contributed by atoms with Gasteiger partial charge in [0.25, 0.3) is 0 Å². The molecule has 0 aliphatic carbocycles. The number of β-amino-alcohol motifs (C(OH)–C–C–N with tert-alkyl or cyclic N) is 1. The molecule has 1 heterocycles. The van der Waals surface area contributed by atoms with Crippen molar-refractivity contribution < 1.29 is 9.90 Å². The summed E-state index contributed by atoms with van der Waals surface area (Å²) in [5.74, 6) is 0.00718. The maximum atomic E-state index is 11.9. The molecule has 0 radical (unpaired) electrons. The quantitative estimate of drug-likeness (QED) is 0.747. The molecule has 0 saturated carbocycles. The second-order valence-corrected chi connectivity index (χ2v) is 3.49. The molecule has 4 nitrogen and oxygen atoms in total. The van der Waals surface area contributed by atoms with E-state index in [1.54, 1.807) is 11.9 Å². The topological polar surface area (TPSA) is 52.6 Å². The lowest BCUT2D eigenvalue weighted by molar-refractivity contribution is -0.120. The second kappa shape index (κ2) is 4.00. The summed E-state index contributed by atoms with van der Waals surface area (Å²) in [6, 6.07) is 7.38. The van der Waals surface area contributed by atoms with Gasteiger partial charge in [-0.05, 0) is 13.1 Å². The molecule has 80 valence electrons. The Balaban J connectivity index is 2.42. The minimum absolute atomic E-state index is 0.00718. The van der Waals surface area contributed by atoms with Gasteiger partial charge in [-0.1, -0.05) is 18.2 Å². The molecule has 0 spiro atoms. The van der Waals surface area contributed by atoms with Crippen molar-refractivity contribution in [2.75, 3.05) is 25.1 Å². The van der Waals surface area contributed by atoms with Gasteiger partial charge in [-0.2, -0.15) is 0 Å². The Hall–Kier alpha value is -1.39. The van der Waals surface area contributed by atoms with E-state index < -0.39 is 0 Å². The number of hydrogen-bond acceptors (Lipinski definition) is 3. The lowest BCUT2D eigenvalue weighted by Crippen LogP contribution is -2.35. The number of fused-ring (bicyclic) bond motifs is 1. The summed E-state index contributed by atoms with van der Waals surface area (Å²) in [6.07, 6.45) is 0. The van der Waals surface area contributed by atoms with Gasteiger partial charge in [-0.15, -0.1) is 0 Å². The van der Waals surface area contributed by atoms with Crippen LogP contribution >= 0.6 is 0 Å². The number of benzene rings is 1. The Morgan fingerprint density at radius 3 is 2.87 bits per heavy atom. The third-order valence-corrected chi connectivity index (χ3v) is 2.66. The Kier molecular flexibility index (Phi) is 2.70. The largest absolute Gasteiger partial charge is 0.395 e. The molecule has 1 aromatic rings. The number of nitrogens with one attached hydrogen (secondary N) is 1. The summed E-state index contributed by atoms with van der Waals surface area (Å²) in [4.78, 5) is 13.6. The van der Waals surface area contributed by atoms with Gasteiger partial charge in [0.1, 0.15) is 6.04 Å². The number of anilines is 1. The molecule has 1 aromatic carbocycles. The van der Waals surface area contributed by atoms with Crippen LogP contribution in [0.25, 0.3) is 0 Å². The van der Waals surface area contributed by atoms with E-state index in [1.807, 2.05) is 24.3 Å². The molecule has 0 aromatic heterocycles. The monoisotopic (exact) mass is 206 g/mol. The van der Waals surface area contributed by atoms with Gasteiger partial charge in [0.05, 0.1) is 6.61 Å². The van der Waals surface area contributed by atoms with E-state index in [9.17, 15) is 4.79 Å². The van der Waals surface area contributed by atoms with Gasteiger partial charge in [0.15, 0.2) is 0 Å². The molecule has 0 bridgehead atoms. The van der Waals surface area contributed by atoms with Crippen LogP contribution in [0.1, 0.15) is 11.6 Å². The van der Waals surface area contributed by atoms with Crippen molar-refractivity contribution in [1.29, 1.82) is 0 Å². The Morgan fingerprint density at radius 2 is 2.20 bits per heavy atom. The number of para-hydroxylation sites is 1. The fourth-order valence-electron chi connectivity index (χ4n) is 1.99. The SMILES string of the molecule is CNC1C(=O)N(CCO)c2ccccc21. The van der Waals surface area contributed by atoms with Crippen molar-refractivity contribution in [3.8, 4) is 0 Å². The van der Waals surface area contributed by atoms with E-state index >= 15 is 0 Å². The lowest BCUT2D eigenvalue weighted by Gasteiger charge is -2.15. The van der Waals surface area contributed by atoms with Crippen LogP contribution in [0.5, 0.6) is 0 Å². The van der Waals surface area contributed by atoms with Crippen LogP contribution in [-0.2, 0) is 4.79 Å². The summed E-state index contributed by atoms with van der Waals surface area (Å²) in [5, 5.41) is 11.9. The van der Waals surface area contributed by atoms with E-state index in [2.05, 4.69) is 5.32 Å². The molecule has 4 heteroatoms. The van der Waals surface area contributed by atoms with Crippen LogP contribution in [0.3, 0.4) is 0 Å². The number of carbonyl (C=O) groups is 1. The number of nitrogens with zero attached hydrogens (tertiary/aromatic N) is 1. The molecule has 15 heavy (non-hydrogen) atoms. The predicted octanol–water partition coefficient (Wildman–Crippen LogP) is 0.286. The Bertz CT molecular complexity index is 379. The molecule has 1 aliphatic rings. The summed E-state index contributed by atoms with van der Waals surface area (Å²) in [6.45, 7) is 0.338. The van der Waals surface area contributed by atoms with Crippen molar-refractivity contribution in [3.63, 3.8) is 0 Å². The molecule has 1 unspecified atom stereocenters. The van der Waals surface area contributed by atoms with E-state index in [-0.39, 0.29) is 18.6 Å². The molecule has 0 fully saturated rings. The summed E-state index contributed by atoms with van der Waals surface area (Å²) < 4.78 is 0. The van der Waals surface area contributed by atoms with E-state index in [4.69, 9.17) is 5.11 Å². The van der Waals surface area contributed by atoms with E-state index in [0.717, 1.165) is 11.3 Å². The highest BCUT2D eigenvalue weighted by Crippen LogP contribution is 2.34. The van der Waals surface area contributed by atoms with Crippen molar-refractivity contribution in [3.05, 3.63) is 29.8 Å². The van der Waals surface area contributed by atoms with E-state index in [1.165, 1.54) is 0 Å². The van der Waals surface area contributed by atoms with Gasteiger partial charge < -0.3 is 15.3 Å². The fraction of sp³-hybridized carbons (Fsp3) is 0.364. The zero-order valence-electron chi connectivity index (χ0n) is 8.60. The lowest BCUT2D eigenvalue weighted by atomic mass is 10.1. The minimum atomic E-state index is -0.271. The summed E-state index contributed by atoms with van der Waals surface area (Å²) >= 11 is 0. The van der Waals surface area contributed by atoms with Crippen LogP contribution in [0.4, 0.5) is 5.69 Å². The smallest absolute Gasteiger partial charge is 0.248 e. The highest BCUT2D eigenvalue weighted by Gasteiger charge is 2.35. The molecule has 2 rings (SSSR count). The molecule has 1 atom stereocenters. The number of aliphatic hydroxyl groups excluding tert-OH is 1. The normalized spacial score (nSPS) is 19.5. The zero-order chi connectivity index (χ0) is 10.8. The van der Waals surface area contributed by atoms with Crippen molar-refractivity contribution in [2.45, 2.75) is 6.04 Å². The number of amides is 1. The molecule has 1 aliphatic heterocycles. The van der Waals surface area contributed by atoms with Crippen molar-refractivity contribution in [2.24, 2.45) is 0 Å². The van der Waals surface area contributed by atoms with Crippen molar-refractivity contribution in [1.82, 2.24) is 5.32 Å². The van der Waals surface area contributed by atoms with Gasteiger partial charge in [0, 0.05) is 17.8 Å². The maximum absolute atomic E-state index is 11.9. The average Bonchev–Trinajstić information content (AvgIpc) is 2.53. The first kappa shape index (κ1) is 10.1. The van der Waals surface area contributed by atoms with Crippen LogP contribution in [0.2, 0.25) is 0 Å². The van der Waals surface area contributed by atoms with Crippen LogP contribution < -0.4 is 10.2 Å². The number of rotatable bonds is 3. The predicted molar refractivity (Wildman–Crippen MR) is 57.7 cm³/mol. The number of hydrogen-bond donors (Lipinski definition) is 2. The van der Waals surface area contributed by atoms with Crippen LogP contribution in [-0.4, -0.2) is 31.2 Å². The maximum Gasteiger partial charge on any atom is 0.248 e. The highest BCUT2D eigenvalue weighted by atomic mass is 16.3. The summed E-state index contributed by atoms with van der Waals surface area (Å²) in [5.41, 5.74) is 1.88. The first-order chi connectivity index (χ1) is 7.29. The molecule has 0 saturated heterocycles. The number of carbonyl (C=O) groups excluding carboxylic acids is 1. The molecular formula is C11H14N2O2. The molecular weight excluding hydrogens is 192 g/mol. The number of aliphatic hydroxyl groups is 1. The van der Waals surface area contributed by atoms with Gasteiger partial charge in [0.2, 0.25) is 5.91 Å². The Labute approximate surface area is 88.5 Å². The van der Waals surface area contributed by atoms with Crippen molar-refractivity contribution >= 4 is 11.6 Å². The first-order valence-corrected chi connectivity index (χ1v) is 4.98. The van der Waals surface area contributed by atoms with Gasteiger partial charge in [-0.3, -0.25) is 4.79 Å². The number of likely N-dealkylation sites (N-methyl/N-ethyl adjacent to an activating group) is 1. The Morgan fingerprint density at radius 1 is 1.47 bits per heavy atom. The molecule has 1 amide bonds. The van der Waals surface area contributed by atoms with Gasteiger partial charge in [-0.25, -0.2) is 0 Å². The third kappa shape index (κ3) is 1.52. The fourth-order valence-corrected chi connectivity index (χ4v) is 1.99. The van der Waals surface area contributed by atoms with Crippen LogP contribution in [0.15, 0.2) is 24.3 Å². The van der Waals surface area contributed by atoms with E-state index in [0.29, 0.717) is 6.54 Å². The second-order valence-electron chi connectivity index (χ2n) is 3.49. The zero-order valence-corrected chi connectivity index (χ0v) is 8.60. The average molecular weight is 206 g/mol. The molecule has 2 N–H and O–H groups in total.